The number of carbonyl (C=O) groups is 1. The number of nitrogens with zero attached hydrogens (tertiary/aromatic N) is 3. The van der Waals surface area contributed by atoms with Crippen molar-refractivity contribution in [2.45, 2.75) is 117 Å². The number of rotatable bonds is 18. The number of likely N-dealkylation sites (N-methyl/N-ethyl adjacent to an activating group) is 1. The second kappa shape index (κ2) is 18.5. The van der Waals surface area contributed by atoms with Crippen molar-refractivity contribution < 1.29 is 42.7 Å². The third kappa shape index (κ3) is 11.5. The summed E-state index contributed by atoms with van der Waals surface area (Å²) < 4.78 is 21.8. The Labute approximate surface area is 235 Å². The second-order valence-corrected chi connectivity index (χ2v) is 10.4. The van der Waals surface area contributed by atoms with Crippen LogP contribution in [0.15, 0.2) is 6.08 Å². The normalized spacial score (nSPS) is 18.5. The number of unbranched alkanes of at least 4 members (excludes halogenated alkanes) is 9. The summed E-state index contributed by atoms with van der Waals surface area (Å²) in [5, 5.41) is 0. The number of halogens is 1. The van der Waals surface area contributed by atoms with Gasteiger partial charge in [-0.05, 0) is 12.8 Å². The fourth-order valence-corrected chi connectivity index (χ4v) is 5.19. The molecule has 2 unspecified atom stereocenters. The van der Waals surface area contributed by atoms with E-state index in [4.69, 9.17) is 9.47 Å². The molecule has 0 amide bonds. The van der Waals surface area contributed by atoms with Crippen molar-refractivity contribution >= 4 is 23.3 Å². The van der Waals surface area contributed by atoms with E-state index in [1.807, 2.05) is 6.92 Å². The number of quaternary nitrogens is 1. The number of ether oxygens (including phenoxy) is 2. The van der Waals surface area contributed by atoms with E-state index in [-0.39, 0.29) is 36.2 Å². The first-order valence-electron chi connectivity index (χ1n) is 13.7. The molecule has 6 nitrogen and oxygen atoms in total. The van der Waals surface area contributed by atoms with E-state index >= 15 is 0 Å². The zero-order valence-corrected chi connectivity index (χ0v) is 25.5. The van der Waals surface area contributed by atoms with Crippen molar-refractivity contribution in [1.29, 1.82) is 0 Å². The molecule has 1 aliphatic rings. The zero-order valence-electron chi connectivity index (χ0n) is 22.5. The smallest absolute Gasteiger partial charge is 0.309 e. The van der Waals surface area contributed by atoms with Gasteiger partial charge in [0.1, 0.15) is 12.2 Å². The molecule has 202 valence electrons. The van der Waals surface area contributed by atoms with Crippen molar-refractivity contribution in [3.63, 3.8) is 0 Å². The molecule has 1 aliphatic heterocycles. The van der Waals surface area contributed by atoms with Gasteiger partial charge in [-0.3, -0.25) is 9.28 Å². The Morgan fingerprint density at radius 3 is 2.34 bits per heavy atom. The Morgan fingerprint density at radius 1 is 1.00 bits per heavy atom. The summed E-state index contributed by atoms with van der Waals surface area (Å²) >= 11 is 1.22. The number of esters is 1. The summed E-state index contributed by atoms with van der Waals surface area (Å²) in [5.74, 6) is 0.560. The van der Waals surface area contributed by atoms with Gasteiger partial charge in [-0.2, -0.15) is 4.37 Å². The largest absolute Gasteiger partial charge is 1.00 e. The van der Waals surface area contributed by atoms with Gasteiger partial charge in [-0.25, -0.2) is 0 Å². The van der Waals surface area contributed by atoms with E-state index in [9.17, 15) is 4.79 Å². The highest BCUT2D eigenvalue weighted by atomic mass is 127. The van der Waals surface area contributed by atoms with Gasteiger partial charge < -0.3 is 33.5 Å². The molecule has 2 heterocycles. The highest BCUT2D eigenvalue weighted by Gasteiger charge is 2.38. The van der Waals surface area contributed by atoms with Crippen LogP contribution in [0.25, 0.3) is 5.57 Å². The van der Waals surface area contributed by atoms with Crippen LogP contribution in [0.3, 0.4) is 0 Å². The van der Waals surface area contributed by atoms with Gasteiger partial charge in [0.15, 0.2) is 0 Å². The zero-order chi connectivity index (χ0) is 24.7. The summed E-state index contributed by atoms with van der Waals surface area (Å²) in [4.78, 5) is 12.3. The van der Waals surface area contributed by atoms with Crippen molar-refractivity contribution in [2.75, 3.05) is 26.7 Å². The molecule has 0 saturated heterocycles. The standard InChI is InChI=1S/C27H48N3O3S.HI/c1-5-8-10-12-13-14-15-19-24(33-25(31)7-3)30(4)20-17-18-23(22-30)26-27(29-34-28-26)32-21-16-11-9-6-2;/h18,24H,5-17,19-22H2,1-4H3;1H/q+1;/p-1. The fourth-order valence-electron chi connectivity index (χ4n) is 4.66. The van der Waals surface area contributed by atoms with E-state index in [0.717, 1.165) is 44.5 Å². The molecule has 8 heteroatoms. The highest BCUT2D eigenvalue weighted by molar-refractivity contribution is 6.99. The molecule has 1 aromatic heterocycles. The lowest BCUT2D eigenvalue weighted by atomic mass is 10.0. The number of hydrogen-bond donors (Lipinski definition) is 0. The van der Waals surface area contributed by atoms with Gasteiger partial charge in [-0.1, -0.05) is 84.6 Å². The van der Waals surface area contributed by atoms with Crippen LogP contribution < -0.4 is 28.7 Å². The Balaban J connectivity index is 0.00000612. The molecular weight excluding hydrogens is 573 g/mol. The van der Waals surface area contributed by atoms with Gasteiger partial charge in [-0.15, -0.1) is 4.37 Å². The Hall–Kier alpha value is -0.740. The molecule has 35 heavy (non-hydrogen) atoms. The minimum atomic E-state index is -0.114. The monoisotopic (exact) mass is 621 g/mol. The van der Waals surface area contributed by atoms with E-state index in [0.29, 0.717) is 23.4 Å². The first-order valence-corrected chi connectivity index (χ1v) is 14.5. The topological polar surface area (TPSA) is 61.3 Å². The molecule has 0 spiro atoms. The SMILES string of the molecule is CCCCCCCCCC(OC(=O)CC)[N+]1(C)CCC=C(c2nsnc2OCCCCCC)C1.[I-]. The van der Waals surface area contributed by atoms with Crippen LogP contribution in [0, 0.1) is 0 Å². The first kappa shape index (κ1) is 32.3. The van der Waals surface area contributed by atoms with Gasteiger partial charge in [0.05, 0.1) is 31.9 Å². The maximum atomic E-state index is 12.3. The predicted octanol–water partition coefficient (Wildman–Crippen LogP) is 4.15. The lowest BCUT2D eigenvalue weighted by Crippen LogP contribution is -3.00. The highest BCUT2D eigenvalue weighted by Crippen LogP contribution is 2.33. The lowest BCUT2D eigenvalue weighted by molar-refractivity contribution is -0.947. The Kier molecular flexibility index (Phi) is 17.1. The molecule has 0 aromatic carbocycles. The van der Waals surface area contributed by atoms with Crippen LogP contribution >= 0.6 is 11.7 Å². The first-order chi connectivity index (χ1) is 16.5. The number of aromatic nitrogens is 2. The fraction of sp³-hybridized carbons (Fsp3) is 0.815. The summed E-state index contributed by atoms with van der Waals surface area (Å²) in [6.07, 6.45) is 18.0. The second-order valence-electron chi connectivity index (χ2n) is 9.91. The van der Waals surface area contributed by atoms with E-state index in [1.165, 1.54) is 75.1 Å². The van der Waals surface area contributed by atoms with Crippen LogP contribution in [0.4, 0.5) is 0 Å². The molecule has 0 radical (unpaired) electrons. The van der Waals surface area contributed by atoms with Crippen LogP contribution in [-0.2, 0) is 9.53 Å². The molecule has 0 aliphatic carbocycles. The van der Waals surface area contributed by atoms with Gasteiger partial charge in [0.25, 0.3) is 5.88 Å². The average molecular weight is 622 g/mol. The summed E-state index contributed by atoms with van der Waals surface area (Å²) in [7, 11) is 2.23. The number of hydrogen-bond acceptors (Lipinski definition) is 6. The van der Waals surface area contributed by atoms with Crippen LogP contribution in [0.5, 0.6) is 5.88 Å². The Bertz CT molecular complexity index is 743. The Morgan fingerprint density at radius 2 is 1.66 bits per heavy atom. The molecule has 2 atom stereocenters. The molecule has 0 saturated carbocycles. The number of carbonyl (C=O) groups excluding carboxylic acids is 1. The van der Waals surface area contributed by atoms with E-state index < -0.39 is 0 Å². The summed E-state index contributed by atoms with van der Waals surface area (Å²) in [5.41, 5.74) is 2.05. The quantitative estimate of drug-likeness (QED) is 0.107. The molecular formula is C27H48IN3O3S. The van der Waals surface area contributed by atoms with Crippen LogP contribution in [-0.4, -0.2) is 52.2 Å². The maximum Gasteiger partial charge on any atom is 0.309 e. The lowest BCUT2D eigenvalue weighted by Gasteiger charge is -2.42. The van der Waals surface area contributed by atoms with Gasteiger partial charge >= 0.3 is 5.97 Å². The maximum absolute atomic E-state index is 12.3. The van der Waals surface area contributed by atoms with E-state index in [2.05, 4.69) is 35.7 Å². The molecule has 1 aromatic rings. The molecule has 2 rings (SSSR count). The minimum Gasteiger partial charge on any atom is -1.00 e. The third-order valence-corrected chi connectivity index (χ3v) is 7.38. The molecule has 0 bridgehead atoms. The van der Waals surface area contributed by atoms with Gasteiger partial charge in [0, 0.05) is 24.8 Å². The van der Waals surface area contributed by atoms with Crippen molar-refractivity contribution in [3.8, 4) is 5.88 Å². The predicted molar refractivity (Wildman–Crippen MR) is 141 cm³/mol. The molecule has 0 N–H and O–H groups in total. The minimum absolute atomic E-state index is 0. The van der Waals surface area contributed by atoms with Crippen LogP contribution in [0.1, 0.15) is 116 Å². The van der Waals surface area contributed by atoms with Crippen molar-refractivity contribution in [1.82, 2.24) is 8.75 Å². The van der Waals surface area contributed by atoms with Crippen molar-refractivity contribution in [3.05, 3.63) is 11.8 Å². The summed E-state index contributed by atoms with van der Waals surface area (Å²) in [6, 6.07) is 0. The average Bonchev–Trinajstić information content (AvgIpc) is 3.31. The summed E-state index contributed by atoms with van der Waals surface area (Å²) in [6.45, 7) is 8.78. The van der Waals surface area contributed by atoms with Crippen LogP contribution in [0.2, 0.25) is 0 Å². The molecule has 0 fully saturated rings. The van der Waals surface area contributed by atoms with Crippen molar-refractivity contribution in [2.24, 2.45) is 0 Å². The van der Waals surface area contributed by atoms with E-state index in [1.54, 1.807) is 0 Å². The third-order valence-electron chi connectivity index (χ3n) is 6.87. The van der Waals surface area contributed by atoms with Gasteiger partial charge in [0.2, 0.25) is 6.23 Å².